The Morgan fingerprint density at radius 3 is 3.00 bits per heavy atom. The molecule has 0 aliphatic heterocycles. The smallest absolute Gasteiger partial charge is 0.126 e. The lowest BCUT2D eigenvalue weighted by atomic mass is 10.2. The third kappa shape index (κ3) is 2.97. The molecule has 1 aliphatic carbocycles. The van der Waals surface area contributed by atoms with Gasteiger partial charge in [-0.15, -0.1) is 0 Å². The van der Waals surface area contributed by atoms with E-state index in [0.29, 0.717) is 11.8 Å². The summed E-state index contributed by atoms with van der Waals surface area (Å²) in [5, 5.41) is 3.43. The maximum Gasteiger partial charge on any atom is 0.126 e. The van der Waals surface area contributed by atoms with Crippen LogP contribution in [-0.4, -0.2) is 18.7 Å². The second-order valence-electron chi connectivity index (χ2n) is 4.66. The largest absolute Gasteiger partial charge is 0.488 e. The zero-order chi connectivity index (χ0) is 12.3. The summed E-state index contributed by atoms with van der Waals surface area (Å²) in [4.78, 5) is 0. The van der Waals surface area contributed by atoms with Gasteiger partial charge in [0.05, 0.1) is 0 Å². The van der Waals surface area contributed by atoms with E-state index in [1.807, 2.05) is 6.92 Å². The Hall–Kier alpha value is -1.09. The number of hydrogen-bond acceptors (Lipinski definition) is 2. The maximum atomic E-state index is 13.2. The van der Waals surface area contributed by atoms with Gasteiger partial charge in [-0.2, -0.15) is 0 Å². The summed E-state index contributed by atoms with van der Waals surface area (Å²) < 4.78 is 19.1. The fourth-order valence-corrected chi connectivity index (χ4v) is 2.43. The molecule has 3 heteroatoms. The Bertz CT molecular complexity index is 380. The van der Waals surface area contributed by atoms with Gasteiger partial charge in [-0.25, -0.2) is 4.39 Å². The van der Waals surface area contributed by atoms with Crippen molar-refractivity contribution in [3.8, 4) is 5.75 Å². The predicted octanol–water partition coefficient (Wildman–Crippen LogP) is 3.04. The second-order valence-corrected chi connectivity index (χ2v) is 4.66. The molecule has 0 aromatic heterocycles. The first-order valence-corrected chi connectivity index (χ1v) is 6.37. The molecule has 0 radical (unpaired) electrons. The summed E-state index contributed by atoms with van der Waals surface area (Å²) in [5.74, 6) is 0.448. The molecule has 1 fully saturated rings. The van der Waals surface area contributed by atoms with Gasteiger partial charge < -0.3 is 10.1 Å². The molecule has 2 unspecified atom stereocenters. The molecule has 2 rings (SSSR count). The first kappa shape index (κ1) is 12.4. The van der Waals surface area contributed by atoms with Gasteiger partial charge in [0.25, 0.3) is 0 Å². The fraction of sp³-hybridized carbons (Fsp3) is 0.571. The van der Waals surface area contributed by atoms with Gasteiger partial charge in [-0.1, -0.05) is 13.0 Å². The zero-order valence-corrected chi connectivity index (χ0v) is 10.5. The molecule has 1 aliphatic rings. The van der Waals surface area contributed by atoms with Crippen molar-refractivity contribution < 1.29 is 9.13 Å². The van der Waals surface area contributed by atoms with Crippen molar-refractivity contribution in [2.75, 3.05) is 6.54 Å². The minimum Gasteiger partial charge on any atom is -0.488 e. The van der Waals surface area contributed by atoms with Crippen LogP contribution in [0.2, 0.25) is 0 Å². The number of likely N-dealkylation sites (N-methyl/N-ethyl adjacent to an activating group) is 1. The molecule has 1 saturated carbocycles. The van der Waals surface area contributed by atoms with Gasteiger partial charge >= 0.3 is 0 Å². The molecule has 17 heavy (non-hydrogen) atoms. The normalized spacial score (nSPS) is 23.9. The van der Waals surface area contributed by atoms with Crippen LogP contribution < -0.4 is 10.1 Å². The first-order chi connectivity index (χ1) is 8.20. The Morgan fingerprint density at radius 1 is 1.41 bits per heavy atom. The lowest BCUT2D eigenvalue weighted by Gasteiger charge is -2.22. The summed E-state index contributed by atoms with van der Waals surface area (Å²) in [7, 11) is 0. The SMILES string of the molecule is CCNC1CCCC1Oc1cc(F)ccc1C. The van der Waals surface area contributed by atoms with Crippen LogP contribution >= 0.6 is 0 Å². The molecule has 0 saturated heterocycles. The van der Waals surface area contributed by atoms with E-state index in [4.69, 9.17) is 4.74 Å². The predicted molar refractivity (Wildman–Crippen MR) is 66.9 cm³/mol. The van der Waals surface area contributed by atoms with Gasteiger partial charge in [-0.3, -0.25) is 0 Å². The van der Waals surface area contributed by atoms with Gasteiger partial charge in [0.1, 0.15) is 17.7 Å². The third-order valence-electron chi connectivity index (χ3n) is 3.35. The molecule has 1 N–H and O–H groups in total. The fourth-order valence-electron chi connectivity index (χ4n) is 2.43. The third-order valence-corrected chi connectivity index (χ3v) is 3.35. The summed E-state index contributed by atoms with van der Waals surface area (Å²) in [6.07, 6.45) is 3.55. The van der Waals surface area contributed by atoms with Gasteiger partial charge in [0, 0.05) is 12.1 Å². The highest BCUT2D eigenvalue weighted by molar-refractivity contribution is 5.33. The minimum absolute atomic E-state index is 0.176. The number of ether oxygens (including phenoxy) is 1. The van der Waals surface area contributed by atoms with Crippen molar-refractivity contribution in [1.82, 2.24) is 5.32 Å². The van der Waals surface area contributed by atoms with Crippen LogP contribution in [0.15, 0.2) is 18.2 Å². The quantitative estimate of drug-likeness (QED) is 0.869. The standard InChI is InChI=1S/C14H20FNO/c1-3-16-12-5-4-6-13(12)17-14-9-11(15)8-7-10(14)2/h7-9,12-13,16H,3-6H2,1-2H3. The highest BCUT2D eigenvalue weighted by Crippen LogP contribution is 2.27. The van der Waals surface area contributed by atoms with Crippen molar-refractivity contribution in [1.29, 1.82) is 0 Å². The molecule has 0 spiro atoms. The van der Waals surface area contributed by atoms with Crippen molar-refractivity contribution in [2.45, 2.75) is 45.3 Å². The van der Waals surface area contributed by atoms with E-state index in [1.165, 1.54) is 18.6 Å². The maximum absolute atomic E-state index is 13.2. The van der Waals surface area contributed by atoms with Crippen molar-refractivity contribution in [3.05, 3.63) is 29.6 Å². The molecule has 94 valence electrons. The van der Waals surface area contributed by atoms with Crippen LogP contribution in [0.1, 0.15) is 31.7 Å². The molecule has 0 bridgehead atoms. The lowest BCUT2D eigenvalue weighted by molar-refractivity contribution is 0.174. The zero-order valence-electron chi connectivity index (χ0n) is 10.5. The molecular formula is C14H20FNO. The Morgan fingerprint density at radius 2 is 2.24 bits per heavy atom. The van der Waals surface area contributed by atoms with Crippen LogP contribution in [0.25, 0.3) is 0 Å². The average molecular weight is 237 g/mol. The summed E-state index contributed by atoms with van der Waals surface area (Å²) in [6, 6.07) is 5.12. The molecule has 2 nitrogen and oxygen atoms in total. The number of aryl methyl sites for hydroxylation is 1. The van der Waals surface area contributed by atoms with Crippen LogP contribution in [0.5, 0.6) is 5.75 Å². The van der Waals surface area contributed by atoms with E-state index in [1.54, 1.807) is 6.07 Å². The number of halogens is 1. The first-order valence-electron chi connectivity index (χ1n) is 6.37. The molecule has 2 atom stereocenters. The summed E-state index contributed by atoms with van der Waals surface area (Å²) >= 11 is 0. The van der Waals surface area contributed by atoms with E-state index in [-0.39, 0.29) is 11.9 Å². The van der Waals surface area contributed by atoms with Crippen molar-refractivity contribution in [2.24, 2.45) is 0 Å². The summed E-state index contributed by atoms with van der Waals surface area (Å²) in [5.41, 5.74) is 0.994. The Labute approximate surface area is 102 Å². The van der Waals surface area contributed by atoms with E-state index in [9.17, 15) is 4.39 Å². The van der Waals surface area contributed by atoms with E-state index in [0.717, 1.165) is 24.9 Å². The van der Waals surface area contributed by atoms with Gasteiger partial charge in [0.15, 0.2) is 0 Å². The van der Waals surface area contributed by atoms with E-state index < -0.39 is 0 Å². The van der Waals surface area contributed by atoms with Crippen molar-refractivity contribution in [3.63, 3.8) is 0 Å². The Kier molecular flexibility index (Phi) is 4.00. The molecule has 1 aromatic carbocycles. The highest BCUT2D eigenvalue weighted by atomic mass is 19.1. The van der Waals surface area contributed by atoms with Crippen LogP contribution in [0.3, 0.4) is 0 Å². The van der Waals surface area contributed by atoms with Crippen LogP contribution in [0.4, 0.5) is 4.39 Å². The minimum atomic E-state index is -0.233. The molecular weight excluding hydrogens is 217 g/mol. The van der Waals surface area contributed by atoms with Crippen LogP contribution in [0, 0.1) is 12.7 Å². The highest BCUT2D eigenvalue weighted by Gasteiger charge is 2.28. The number of nitrogens with one attached hydrogen (secondary N) is 1. The number of rotatable bonds is 4. The van der Waals surface area contributed by atoms with Gasteiger partial charge in [0.2, 0.25) is 0 Å². The molecule has 0 amide bonds. The van der Waals surface area contributed by atoms with Crippen LogP contribution in [-0.2, 0) is 0 Å². The Balaban J connectivity index is 2.06. The van der Waals surface area contributed by atoms with Gasteiger partial charge in [-0.05, 0) is 44.4 Å². The summed E-state index contributed by atoms with van der Waals surface area (Å²) in [6.45, 7) is 5.00. The molecule has 1 aromatic rings. The topological polar surface area (TPSA) is 21.3 Å². The number of hydrogen-bond donors (Lipinski definition) is 1. The second kappa shape index (κ2) is 5.50. The molecule has 0 heterocycles. The lowest BCUT2D eigenvalue weighted by Crippen LogP contribution is -2.38. The van der Waals surface area contributed by atoms with E-state index in [2.05, 4.69) is 12.2 Å². The number of benzene rings is 1. The van der Waals surface area contributed by atoms with E-state index >= 15 is 0 Å². The van der Waals surface area contributed by atoms with Crippen molar-refractivity contribution >= 4 is 0 Å². The monoisotopic (exact) mass is 237 g/mol. The average Bonchev–Trinajstić information content (AvgIpc) is 2.72.